The Balaban J connectivity index is 2.40. The molecule has 29 heavy (non-hydrogen) atoms. The number of nitrogens with zero attached hydrogens (tertiary/aromatic N) is 1. The summed E-state index contributed by atoms with van der Waals surface area (Å²) in [5.74, 6) is -0.914. The van der Waals surface area contributed by atoms with Crippen LogP contribution in [0.2, 0.25) is 0 Å². The number of sulfone groups is 1. The number of carbonyl (C=O) groups excluding carboxylic acids is 1. The molecular weight excluding hydrogens is 410 g/mol. The van der Waals surface area contributed by atoms with E-state index in [0.717, 1.165) is 24.5 Å². The zero-order valence-electron chi connectivity index (χ0n) is 15.5. The van der Waals surface area contributed by atoms with Gasteiger partial charge < -0.3 is 10.1 Å². The van der Waals surface area contributed by atoms with Crippen molar-refractivity contribution in [3.05, 3.63) is 63.7 Å². The molecule has 0 saturated heterocycles. The summed E-state index contributed by atoms with van der Waals surface area (Å²) in [4.78, 5) is 22.6. The Morgan fingerprint density at radius 2 is 1.90 bits per heavy atom. The molecule has 11 heteroatoms. The maximum absolute atomic E-state index is 12.7. The summed E-state index contributed by atoms with van der Waals surface area (Å²) in [6, 6.07) is 7.97. The number of carbonyl (C=O) groups is 1. The molecule has 2 aromatic rings. The van der Waals surface area contributed by atoms with E-state index in [0.29, 0.717) is 6.42 Å². The van der Waals surface area contributed by atoms with Crippen molar-refractivity contribution in [3.63, 3.8) is 0 Å². The van der Waals surface area contributed by atoms with Crippen LogP contribution in [0.5, 0.6) is 5.75 Å². The second-order valence-electron chi connectivity index (χ2n) is 6.10. The fourth-order valence-electron chi connectivity index (χ4n) is 2.65. The Morgan fingerprint density at radius 1 is 1.24 bits per heavy atom. The van der Waals surface area contributed by atoms with Gasteiger partial charge in [-0.2, -0.15) is 8.78 Å². The highest BCUT2D eigenvalue weighted by molar-refractivity contribution is 7.90. The lowest BCUT2D eigenvalue weighted by atomic mass is 10.0. The molecule has 0 bridgehead atoms. The van der Waals surface area contributed by atoms with Crippen molar-refractivity contribution in [1.29, 1.82) is 0 Å². The standard InChI is InChI=1S/C18H18F2N2O6S/c1-3-15(14-6-4-5-7-16(14)28-18(19)20)21-17(23)11-8-12(22(24)25)10-13(9-11)29(2,26)27/h4-10,15,18H,3H2,1-2H3,(H,21,23). The Bertz CT molecular complexity index is 1030. The van der Waals surface area contributed by atoms with Crippen LogP contribution in [-0.2, 0) is 9.84 Å². The van der Waals surface area contributed by atoms with Crippen LogP contribution in [0.25, 0.3) is 0 Å². The number of halogens is 2. The minimum atomic E-state index is -3.81. The minimum absolute atomic E-state index is 0.120. The first kappa shape index (κ1) is 22.2. The molecule has 0 heterocycles. The number of benzene rings is 2. The summed E-state index contributed by atoms with van der Waals surface area (Å²) in [6.45, 7) is -1.36. The first-order chi connectivity index (χ1) is 13.5. The van der Waals surface area contributed by atoms with Crippen molar-refractivity contribution in [2.24, 2.45) is 0 Å². The van der Waals surface area contributed by atoms with Gasteiger partial charge in [-0.15, -0.1) is 0 Å². The molecular formula is C18H18F2N2O6S. The molecule has 0 aliphatic rings. The fraction of sp³-hybridized carbons (Fsp3) is 0.278. The van der Waals surface area contributed by atoms with E-state index in [1.165, 1.54) is 18.2 Å². The van der Waals surface area contributed by atoms with E-state index >= 15 is 0 Å². The van der Waals surface area contributed by atoms with Gasteiger partial charge >= 0.3 is 6.61 Å². The zero-order chi connectivity index (χ0) is 21.8. The largest absolute Gasteiger partial charge is 0.434 e. The van der Waals surface area contributed by atoms with E-state index in [4.69, 9.17) is 0 Å². The molecule has 2 rings (SSSR count). The SMILES string of the molecule is CCC(NC(=O)c1cc([N+](=O)[O-])cc(S(C)(=O)=O)c1)c1ccccc1OC(F)F. The first-order valence-electron chi connectivity index (χ1n) is 8.37. The predicted octanol–water partition coefficient (Wildman–Crippen LogP) is 3.48. The molecule has 8 nitrogen and oxygen atoms in total. The average molecular weight is 428 g/mol. The van der Waals surface area contributed by atoms with Gasteiger partial charge in [0.1, 0.15) is 5.75 Å². The summed E-state index contributed by atoms with van der Waals surface area (Å²) in [6.07, 6.45) is 1.16. The van der Waals surface area contributed by atoms with Crippen molar-refractivity contribution in [2.45, 2.75) is 30.9 Å². The predicted molar refractivity (Wildman–Crippen MR) is 99.8 cm³/mol. The normalized spacial score (nSPS) is 12.4. The highest BCUT2D eigenvalue weighted by atomic mass is 32.2. The van der Waals surface area contributed by atoms with E-state index in [-0.39, 0.29) is 21.8 Å². The Labute approximate surface area is 165 Å². The molecule has 0 radical (unpaired) electrons. The third-order valence-electron chi connectivity index (χ3n) is 4.02. The number of rotatable bonds is 8. The van der Waals surface area contributed by atoms with Crippen LogP contribution >= 0.6 is 0 Å². The number of non-ortho nitro benzene ring substituents is 1. The molecule has 156 valence electrons. The highest BCUT2D eigenvalue weighted by Crippen LogP contribution is 2.29. The van der Waals surface area contributed by atoms with Gasteiger partial charge in [-0.25, -0.2) is 8.42 Å². The van der Waals surface area contributed by atoms with Crippen LogP contribution in [0, 0.1) is 10.1 Å². The molecule has 1 unspecified atom stereocenters. The van der Waals surface area contributed by atoms with E-state index in [9.17, 15) is 32.1 Å². The Morgan fingerprint density at radius 3 is 2.45 bits per heavy atom. The molecule has 0 spiro atoms. The summed E-state index contributed by atoms with van der Waals surface area (Å²) >= 11 is 0. The molecule has 2 aromatic carbocycles. The van der Waals surface area contributed by atoms with Gasteiger partial charge in [-0.3, -0.25) is 14.9 Å². The van der Waals surface area contributed by atoms with Crippen LogP contribution in [0.15, 0.2) is 47.4 Å². The smallest absolute Gasteiger partial charge is 0.387 e. The zero-order valence-corrected chi connectivity index (χ0v) is 16.3. The van der Waals surface area contributed by atoms with Crippen LogP contribution < -0.4 is 10.1 Å². The number of ether oxygens (including phenoxy) is 1. The molecule has 1 atom stereocenters. The molecule has 1 amide bonds. The van der Waals surface area contributed by atoms with Crippen LogP contribution in [0.4, 0.5) is 14.5 Å². The van der Waals surface area contributed by atoms with Crippen molar-refractivity contribution in [1.82, 2.24) is 5.32 Å². The van der Waals surface area contributed by atoms with Crippen molar-refractivity contribution >= 4 is 21.4 Å². The quantitative estimate of drug-likeness (QED) is 0.508. The maximum atomic E-state index is 12.7. The number of amides is 1. The van der Waals surface area contributed by atoms with E-state index < -0.39 is 39.0 Å². The monoisotopic (exact) mass is 428 g/mol. The van der Waals surface area contributed by atoms with Gasteiger partial charge in [0, 0.05) is 29.5 Å². The number of para-hydroxylation sites is 1. The number of hydrogen-bond acceptors (Lipinski definition) is 6. The topological polar surface area (TPSA) is 116 Å². The van der Waals surface area contributed by atoms with Crippen LogP contribution in [0.3, 0.4) is 0 Å². The fourth-order valence-corrected chi connectivity index (χ4v) is 3.32. The number of hydrogen-bond donors (Lipinski definition) is 1. The maximum Gasteiger partial charge on any atom is 0.387 e. The number of nitro groups is 1. The van der Waals surface area contributed by atoms with Crippen molar-refractivity contribution in [2.75, 3.05) is 6.26 Å². The summed E-state index contributed by atoms with van der Waals surface area (Å²) in [5, 5.41) is 13.7. The van der Waals surface area contributed by atoms with E-state index in [1.807, 2.05) is 0 Å². The van der Waals surface area contributed by atoms with Gasteiger partial charge in [0.05, 0.1) is 15.9 Å². The van der Waals surface area contributed by atoms with E-state index in [2.05, 4.69) is 10.1 Å². The number of nitrogens with one attached hydrogen (secondary N) is 1. The van der Waals surface area contributed by atoms with Gasteiger partial charge in [0.25, 0.3) is 11.6 Å². The summed E-state index contributed by atoms with van der Waals surface area (Å²) < 4.78 is 53.3. The average Bonchev–Trinajstić information content (AvgIpc) is 2.65. The summed E-state index contributed by atoms with van der Waals surface area (Å²) in [7, 11) is -3.81. The second kappa shape index (κ2) is 8.95. The van der Waals surface area contributed by atoms with Crippen molar-refractivity contribution < 1.29 is 31.7 Å². The highest BCUT2D eigenvalue weighted by Gasteiger charge is 2.23. The molecule has 0 saturated carbocycles. The molecule has 0 fully saturated rings. The lowest BCUT2D eigenvalue weighted by Crippen LogP contribution is -2.29. The third kappa shape index (κ3) is 5.70. The lowest BCUT2D eigenvalue weighted by molar-refractivity contribution is -0.385. The van der Waals surface area contributed by atoms with Crippen LogP contribution in [0.1, 0.15) is 35.3 Å². The van der Waals surface area contributed by atoms with Gasteiger partial charge in [0.15, 0.2) is 9.84 Å². The van der Waals surface area contributed by atoms with Crippen LogP contribution in [-0.4, -0.2) is 32.1 Å². The van der Waals surface area contributed by atoms with Crippen molar-refractivity contribution in [3.8, 4) is 5.75 Å². The van der Waals surface area contributed by atoms with Gasteiger partial charge in [-0.05, 0) is 18.6 Å². The Hall–Kier alpha value is -3.08. The molecule has 0 aromatic heterocycles. The number of alkyl halides is 2. The summed E-state index contributed by atoms with van der Waals surface area (Å²) in [5.41, 5.74) is -0.518. The van der Waals surface area contributed by atoms with Gasteiger partial charge in [0.2, 0.25) is 0 Å². The van der Waals surface area contributed by atoms with Gasteiger partial charge in [-0.1, -0.05) is 25.1 Å². The molecule has 0 aliphatic heterocycles. The molecule has 1 N–H and O–H groups in total. The van der Waals surface area contributed by atoms with E-state index in [1.54, 1.807) is 13.0 Å². The second-order valence-corrected chi connectivity index (χ2v) is 8.11. The first-order valence-corrected chi connectivity index (χ1v) is 10.3. The molecule has 0 aliphatic carbocycles. The third-order valence-corrected chi connectivity index (χ3v) is 5.11. The Kier molecular flexibility index (Phi) is 6.85. The lowest BCUT2D eigenvalue weighted by Gasteiger charge is -2.20. The minimum Gasteiger partial charge on any atom is -0.434 e. The number of nitro benzene ring substituents is 1.